The zero-order valence-electron chi connectivity index (χ0n) is 12.2. The zero-order chi connectivity index (χ0) is 14.4. The second-order valence-corrected chi connectivity index (χ2v) is 5.10. The molecular formula is C16H23NO3. The lowest BCUT2D eigenvalue weighted by atomic mass is 10.0. The molecule has 1 aromatic carbocycles. The molecule has 1 saturated heterocycles. The highest BCUT2D eigenvalue weighted by molar-refractivity contribution is 5.77. The van der Waals surface area contributed by atoms with Crippen molar-refractivity contribution in [1.29, 1.82) is 0 Å². The molecule has 0 amide bonds. The number of rotatable bonds is 6. The van der Waals surface area contributed by atoms with Crippen LogP contribution in [0.15, 0.2) is 30.3 Å². The van der Waals surface area contributed by atoms with E-state index in [1.807, 2.05) is 37.3 Å². The fourth-order valence-corrected chi connectivity index (χ4v) is 2.54. The number of benzene rings is 1. The summed E-state index contributed by atoms with van der Waals surface area (Å²) in [6.45, 7) is 5.08. The van der Waals surface area contributed by atoms with Crippen molar-refractivity contribution in [2.24, 2.45) is 0 Å². The summed E-state index contributed by atoms with van der Waals surface area (Å²) in [6, 6.07) is 9.37. The molecular weight excluding hydrogens is 254 g/mol. The van der Waals surface area contributed by atoms with E-state index in [9.17, 15) is 4.79 Å². The van der Waals surface area contributed by atoms with Crippen LogP contribution in [0, 0.1) is 0 Å². The van der Waals surface area contributed by atoms with Gasteiger partial charge in [0.2, 0.25) is 0 Å². The van der Waals surface area contributed by atoms with Crippen LogP contribution in [-0.4, -0.2) is 31.3 Å². The van der Waals surface area contributed by atoms with Crippen LogP contribution in [0.4, 0.5) is 0 Å². The molecule has 110 valence electrons. The van der Waals surface area contributed by atoms with E-state index in [0.29, 0.717) is 6.61 Å². The van der Waals surface area contributed by atoms with Gasteiger partial charge in [0.25, 0.3) is 0 Å². The van der Waals surface area contributed by atoms with Crippen molar-refractivity contribution in [1.82, 2.24) is 5.32 Å². The summed E-state index contributed by atoms with van der Waals surface area (Å²) < 4.78 is 10.9. The van der Waals surface area contributed by atoms with E-state index < -0.39 is 6.04 Å². The Morgan fingerprint density at radius 1 is 1.45 bits per heavy atom. The monoisotopic (exact) mass is 277 g/mol. The van der Waals surface area contributed by atoms with Crippen LogP contribution in [0.3, 0.4) is 0 Å². The van der Waals surface area contributed by atoms with Crippen LogP contribution in [0.1, 0.15) is 38.3 Å². The lowest BCUT2D eigenvalue weighted by Gasteiger charge is -2.25. The zero-order valence-corrected chi connectivity index (χ0v) is 12.2. The number of carbonyl (C=O) groups is 1. The Morgan fingerprint density at radius 2 is 2.20 bits per heavy atom. The van der Waals surface area contributed by atoms with Gasteiger partial charge in [0.1, 0.15) is 6.04 Å². The van der Waals surface area contributed by atoms with Crippen molar-refractivity contribution < 1.29 is 14.3 Å². The number of hydrogen-bond acceptors (Lipinski definition) is 4. The maximum atomic E-state index is 12.2. The van der Waals surface area contributed by atoms with Crippen molar-refractivity contribution in [2.45, 2.75) is 44.9 Å². The topological polar surface area (TPSA) is 47.6 Å². The molecule has 1 fully saturated rings. The third kappa shape index (κ3) is 3.81. The molecule has 0 aromatic heterocycles. The van der Waals surface area contributed by atoms with Crippen molar-refractivity contribution in [3.63, 3.8) is 0 Å². The van der Waals surface area contributed by atoms with Crippen LogP contribution >= 0.6 is 0 Å². The molecule has 0 spiro atoms. The van der Waals surface area contributed by atoms with E-state index in [-0.39, 0.29) is 18.1 Å². The largest absolute Gasteiger partial charge is 0.465 e. The summed E-state index contributed by atoms with van der Waals surface area (Å²) in [5.41, 5.74) is 0.927. The fraction of sp³-hybridized carbons (Fsp3) is 0.562. The smallest absolute Gasteiger partial charge is 0.327 e. The van der Waals surface area contributed by atoms with Gasteiger partial charge in [0.05, 0.1) is 12.7 Å². The molecule has 0 aliphatic carbocycles. The molecule has 1 N–H and O–H groups in total. The highest BCUT2D eigenvalue weighted by Crippen LogP contribution is 2.20. The Hall–Kier alpha value is -1.39. The van der Waals surface area contributed by atoms with Gasteiger partial charge in [0.15, 0.2) is 0 Å². The third-order valence-corrected chi connectivity index (χ3v) is 3.61. The van der Waals surface area contributed by atoms with Gasteiger partial charge in [-0.15, -0.1) is 0 Å². The Bertz CT molecular complexity index is 415. The lowest BCUT2D eigenvalue weighted by molar-refractivity contribution is -0.146. The van der Waals surface area contributed by atoms with Crippen molar-refractivity contribution in [2.75, 3.05) is 13.2 Å². The first-order valence-corrected chi connectivity index (χ1v) is 7.31. The van der Waals surface area contributed by atoms with Crippen LogP contribution in [0.5, 0.6) is 0 Å². The second kappa shape index (κ2) is 7.41. The minimum atomic E-state index is -0.435. The summed E-state index contributed by atoms with van der Waals surface area (Å²) in [6.07, 6.45) is 2.31. The summed E-state index contributed by atoms with van der Waals surface area (Å²) in [5.74, 6) is -0.233. The molecule has 1 aromatic rings. The Labute approximate surface area is 120 Å². The van der Waals surface area contributed by atoms with Gasteiger partial charge >= 0.3 is 5.97 Å². The molecule has 1 heterocycles. The number of carbonyl (C=O) groups excluding carboxylic acids is 1. The first-order valence-electron chi connectivity index (χ1n) is 7.31. The molecule has 0 saturated carbocycles. The van der Waals surface area contributed by atoms with E-state index in [4.69, 9.17) is 9.47 Å². The Balaban J connectivity index is 2.08. The minimum Gasteiger partial charge on any atom is -0.465 e. The molecule has 1 aliphatic rings. The third-order valence-electron chi connectivity index (χ3n) is 3.61. The summed E-state index contributed by atoms with van der Waals surface area (Å²) in [5, 5.41) is 3.36. The van der Waals surface area contributed by atoms with Crippen molar-refractivity contribution >= 4 is 5.97 Å². The molecule has 0 bridgehead atoms. The normalized spacial score (nSPS) is 21.4. The Morgan fingerprint density at radius 3 is 2.80 bits per heavy atom. The van der Waals surface area contributed by atoms with Crippen LogP contribution in [0.25, 0.3) is 0 Å². The molecule has 20 heavy (non-hydrogen) atoms. The SMILES string of the molecule is CCOC(=O)C(NC(C)C1CCCO1)c1ccccc1. The molecule has 1 aliphatic heterocycles. The van der Waals surface area contributed by atoms with Gasteiger partial charge in [0, 0.05) is 12.6 Å². The highest BCUT2D eigenvalue weighted by Gasteiger charge is 2.28. The molecule has 4 heteroatoms. The van der Waals surface area contributed by atoms with E-state index in [1.165, 1.54) is 0 Å². The number of nitrogens with one attached hydrogen (secondary N) is 1. The molecule has 2 rings (SSSR count). The standard InChI is InChI=1S/C16H23NO3/c1-3-19-16(18)15(13-8-5-4-6-9-13)17-12(2)14-10-7-11-20-14/h4-6,8-9,12,14-15,17H,3,7,10-11H2,1-2H3. The van der Waals surface area contributed by atoms with E-state index in [0.717, 1.165) is 25.0 Å². The van der Waals surface area contributed by atoms with Gasteiger partial charge in [-0.2, -0.15) is 0 Å². The molecule has 4 nitrogen and oxygen atoms in total. The van der Waals surface area contributed by atoms with Gasteiger partial charge in [-0.1, -0.05) is 30.3 Å². The summed E-state index contributed by atoms with van der Waals surface area (Å²) in [4.78, 5) is 12.2. The second-order valence-electron chi connectivity index (χ2n) is 5.10. The highest BCUT2D eigenvalue weighted by atomic mass is 16.5. The van der Waals surface area contributed by atoms with Crippen molar-refractivity contribution in [3.05, 3.63) is 35.9 Å². The summed E-state index contributed by atoms with van der Waals surface area (Å²) in [7, 11) is 0. The minimum absolute atomic E-state index is 0.118. The summed E-state index contributed by atoms with van der Waals surface area (Å²) >= 11 is 0. The van der Waals surface area contributed by atoms with E-state index in [1.54, 1.807) is 0 Å². The van der Waals surface area contributed by atoms with Crippen molar-refractivity contribution in [3.8, 4) is 0 Å². The van der Waals surface area contributed by atoms with Gasteiger partial charge in [-0.05, 0) is 32.3 Å². The van der Waals surface area contributed by atoms with Gasteiger partial charge in [-0.3, -0.25) is 5.32 Å². The quantitative estimate of drug-likeness (QED) is 0.811. The lowest BCUT2D eigenvalue weighted by Crippen LogP contribution is -2.42. The van der Waals surface area contributed by atoms with E-state index >= 15 is 0 Å². The van der Waals surface area contributed by atoms with Crippen LogP contribution in [-0.2, 0) is 14.3 Å². The predicted octanol–water partition coefficient (Wildman–Crippen LogP) is 2.45. The van der Waals surface area contributed by atoms with Gasteiger partial charge < -0.3 is 9.47 Å². The van der Waals surface area contributed by atoms with Crippen LogP contribution < -0.4 is 5.32 Å². The molecule has 0 radical (unpaired) electrons. The molecule has 3 atom stereocenters. The number of hydrogen-bond donors (Lipinski definition) is 1. The maximum Gasteiger partial charge on any atom is 0.327 e. The first kappa shape index (κ1) is 15.0. The Kier molecular flexibility index (Phi) is 5.56. The predicted molar refractivity (Wildman–Crippen MR) is 77.4 cm³/mol. The van der Waals surface area contributed by atoms with Gasteiger partial charge in [-0.25, -0.2) is 4.79 Å². The number of ether oxygens (including phenoxy) is 2. The van der Waals surface area contributed by atoms with Crippen LogP contribution in [0.2, 0.25) is 0 Å². The fourth-order valence-electron chi connectivity index (χ4n) is 2.54. The average molecular weight is 277 g/mol. The number of esters is 1. The maximum absolute atomic E-state index is 12.2. The average Bonchev–Trinajstić information content (AvgIpc) is 3.00. The molecule has 3 unspecified atom stereocenters. The first-order chi connectivity index (χ1) is 9.72. The van der Waals surface area contributed by atoms with E-state index in [2.05, 4.69) is 12.2 Å².